The molecule has 4 aromatic carbocycles. The number of aromatic amines is 1. The predicted octanol–water partition coefficient (Wildman–Crippen LogP) is 5.29. The van der Waals surface area contributed by atoms with Gasteiger partial charge in [0.2, 0.25) is 22.9 Å². The number of para-hydroxylation sites is 2. The highest BCUT2D eigenvalue weighted by Crippen LogP contribution is 2.30. The van der Waals surface area contributed by atoms with Crippen molar-refractivity contribution in [1.29, 1.82) is 0 Å². The smallest absolute Gasteiger partial charge is 0.369 e. The average Bonchev–Trinajstić information content (AvgIpc) is 3.37. The Labute approximate surface area is 428 Å². The number of sulfonamides is 1. The highest BCUT2D eigenvalue weighted by atomic mass is 32.2. The third-order valence-electron chi connectivity index (χ3n) is 12.0. The Morgan fingerprint density at radius 3 is 2.01 bits per heavy atom. The van der Waals surface area contributed by atoms with E-state index in [0.717, 1.165) is 16.1 Å². The van der Waals surface area contributed by atoms with Crippen molar-refractivity contribution in [2.45, 2.75) is 76.0 Å². The van der Waals surface area contributed by atoms with E-state index in [9.17, 15) is 58.5 Å². The average molecular weight is 1070 g/mol. The molecule has 0 aliphatic rings. The zero-order valence-electron chi connectivity index (χ0n) is 40.3. The quantitative estimate of drug-likeness (QED) is 0.0250. The third-order valence-corrected chi connectivity index (χ3v) is 14.6. The van der Waals surface area contributed by atoms with Gasteiger partial charge in [-0.25, -0.2) is 22.7 Å². The Balaban J connectivity index is 0.909. The molecule has 4 amide bonds. The van der Waals surface area contributed by atoms with Crippen molar-refractivity contribution in [2.75, 3.05) is 36.0 Å². The highest BCUT2D eigenvalue weighted by molar-refractivity contribution is 7.89. The number of anilines is 2. The number of nitrogen functional groups attached to an aromatic ring is 1. The molecular weight excluding hydrogens is 1020 g/mol. The normalized spacial score (nSPS) is 12.0. The molecule has 0 aliphatic heterocycles. The van der Waals surface area contributed by atoms with E-state index in [0.29, 0.717) is 58.9 Å². The molecule has 25 heteroatoms. The number of aromatic nitrogens is 5. The molecule has 6 N–H and O–H groups in total. The van der Waals surface area contributed by atoms with Gasteiger partial charge < -0.3 is 16.4 Å². The van der Waals surface area contributed by atoms with E-state index in [2.05, 4.69) is 30.6 Å². The van der Waals surface area contributed by atoms with Gasteiger partial charge in [-0.05, 0) is 74.7 Å². The first-order chi connectivity index (χ1) is 35.6. The number of fused-ring (bicyclic) bond motifs is 3. The fourth-order valence-corrected chi connectivity index (χ4v) is 10.2. The van der Waals surface area contributed by atoms with Crippen molar-refractivity contribution in [3.8, 4) is 0 Å². The second-order valence-electron chi connectivity index (χ2n) is 17.4. The van der Waals surface area contributed by atoms with Crippen molar-refractivity contribution in [3.05, 3.63) is 136 Å². The number of pyridine rings is 1. The van der Waals surface area contributed by atoms with Crippen molar-refractivity contribution in [2.24, 2.45) is 0 Å². The van der Waals surface area contributed by atoms with Crippen LogP contribution in [0.2, 0.25) is 0 Å². The molecule has 0 spiro atoms. The summed E-state index contributed by atoms with van der Waals surface area (Å²) >= 11 is 0. The molecule has 0 fully saturated rings. The van der Waals surface area contributed by atoms with Crippen LogP contribution in [0.4, 0.5) is 24.8 Å². The number of nitrogens with two attached hydrogens (primary N) is 1. The first-order valence-electron chi connectivity index (χ1n) is 23.6. The number of hydrogen-bond donors (Lipinski definition) is 5. The molecule has 75 heavy (non-hydrogen) atoms. The summed E-state index contributed by atoms with van der Waals surface area (Å²) in [6, 6.07) is 24.6. The Hall–Kier alpha value is -7.90. The zero-order valence-corrected chi connectivity index (χ0v) is 42.0. The van der Waals surface area contributed by atoms with Crippen molar-refractivity contribution < 1.29 is 58.3 Å². The summed E-state index contributed by atoms with van der Waals surface area (Å²) < 4.78 is 105. The van der Waals surface area contributed by atoms with E-state index in [4.69, 9.17) is 5.73 Å². The molecule has 20 nitrogen and oxygen atoms in total. The van der Waals surface area contributed by atoms with E-state index in [1.807, 2.05) is 4.57 Å². The molecule has 0 radical (unpaired) electrons. The van der Waals surface area contributed by atoms with Crippen LogP contribution in [-0.4, -0.2) is 101 Å². The van der Waals surface area contributed by atoms with Gasteiger partial charge in [-0.1, -0.05) is 54.8 Å². The minimum Gasteiger partial charge on any atom is -0.369 e. The van der Waals surface area contributed by atoms with Gasteiger partial charge in [0, 0.05) is 55.9 Å². The molecule has 3 aromatic heterocycles. The molecule has 0 saturated heterocycles. The number of H-pyrrole nitrogens is 1. The van der Waals surface area contributed by atoms with Gasteiger partial charge in [0.1, 0.15) is 0 Å². The van der Waals surface area contributed by atoms with Crippen LogP contribution in [0.5, 0.6) is 0 Å². The number of carbonyl (C=O) groups excluding carboxylic acids is 4. The number of halogens is 3. The maximum absolute atomic E-state index is 14.8. The Morgan fingerprint density at radius 2 is 1.40 bits per heavy atom. The van der Waals surface area contributed by atoms with Gasteiger partial charge in [0.25, 0.3) is 37.5 Å². The summed E-state index contributed by atoms with van der Waals surface area (Å²) in [6.45, 7) is 1.48. The molecule has 0 atom stereocenters. The SMILES string of the molecule is Cc1ccc(S(=O)(=O)N(CCCC(=O)NCCCCCCNC(=O)c2ccc(N(Cc3cnc4nc(N)[nH]c(=O)c4n3)C(=O)C(F)(F)F)cc2)C(=O)c2c3ccccc3[n+](CCCS(=O)(=O)O)c3ccccc23)cc1. The standard InChI is InChI=1S/C50H51F3N10O10S2/c1-32-17-23-36(24-18-32)75(72,73)63(47(67)42-37-12-4-6-14-39(37)61(27-11-29-74(69,70)71)40-15-7-5-13-38(40)42)28-10-16-41(64)55-25-8-2-3-9-26-56-45(65)33-19-21-35(22-20-33)62(48(68)50(51,52)53)31-34-30-57-44-43(58-34)46(66)60-49(54)59-44/h4-7,12-15,17-24,30H,2-3,8-11,16,25-29,31H2,1H3,(H5-,54,55,56,57,59,60,64,65,66,69,70,71)/p+1. The lowest BCUT2D eigenvalue weighted by molar-refractivity contribution is -0.645. The monoisotopic (exact) mass is 1070 g/mol. The summed E-state index contributed by atoms with van der Waals surface area (Å²) in [5.74, 6) is -4.63. The minimum atomic E-state index is -5.27. The van der Waals surface area contributed by atoms with Gasteiger partial charge in [0.15, 0.2) is 17.7 Å². The van der Waals surface area contributed by atoms with Gasteiger partial charge in [-0.15, -0.1) is 0 Å². The number of rotatable bonds is 22. The Kier molecular flexibility index (Phi) is 17.2. The fraction of sp³-hybridized carbons (Fsp3) is 0.300. The minimum absolute atomic E-state index is 0.00815. The number of carbonyl (C=O) groups is 4. The van der Waals surface area contributed by atoms with Crippen LogP contribution < -0.4 is 31.4 Å². The second-order valence-corrected chi connectivity index (χ2v) is 20.9. The van der Waals surface area contributed by atoms with E-state index >= 15 is 0 Å². The maximum atomic E-state index is 14.8. The Bertz CT molecular complexity index is 3510. The van der Waals surface area contributed by atoms with Crippen LogP contribution >= 0.6 is 0 Å². The molecule has 0 aliphatic carbocycles. The number of unbranched alkanes of at least 4 members (excludes halogenated alkanes) is 3. The summed E-state index contributed by atoms with van der Waals surface area (Å²) in [7, 11) is -8.71. The summed E-state index contributed by atoms with van der Waals surface area (Å²) in [4.78, 5) is 79.8. The van der Waals surface area contributed by atoms with E-state index in [1.165, 1.54) is 36.4 Å². The maximum Gasteiger partial charge on any atom is 0.471 e. The van der Waals surface area contributed by atoms with Crippen LogP contribution in [0, 0.1) is 6.92 Å². The predicted molar refractivity (Wildman–Crippen MR) is 271 cm³/mol. The number of amides is 4. The van der Waals surface area contributed by atoms with E-state index in [1.54, 1.807) is 67.6 Å². The van der Waals surface area contributed by atoms with Crippen molar-refractivity contribution in [3.63, 3.8) is 0 Å². The second kappa shape index (κ2) is 23.5. The first kappa shape index (κ1) is 54.9. The summed E-state index contributed by atoms with van der Waals surface area (Å²) in [5, 5.41) is 6.40. The molecule has 7 aromatic rings. The lowest BCUT2D eigenvalue weighted by atomic mass is 10.0. The van der Waals surface area contributed by atoms with Gasteiger partial charge in [0.05, 0.1) is 45.4 Å². The van der Waals surface area contributed by atoms with Crippen molar-refractivity contribution >= 4 is 88.4 Å². The molecular formula is C50H52F3N10O10S2+. The number of aryl methyl sites for hydroxylation is 2. The fourth-order valence-electron chi connectivity index (χ4n) is 8.33. The summed E-state index contributed by atoms with van der Waals surface area (Å²) in [6.07, 6.45) is -1.78. The summed E-state index contributed by atoms with van der Waals surface area (Å²) in [5.41, 5.74) is 6.05. The number of nitrogens with zero attached hydrogens (tertiary/aromatic N) is 6. The third kappa shape index (κ3) is 13.6. The molecule has 394 valence electrons. The number of benzene rings is 4. The van der Waals surface area contributed by atoms with Gasteiger partial charge in [-0.3, -0.25) is 38.4 Å². The van der Waals surface area contributed by atoms with Crippen LogP contribution in [0.1, 0.15) is 76.9 Å². The van der Waals surface area contributed by atoms with Crippen LogP contribution in [0.25, 0.3) is 33.0 Å². The van der Waals surface area contributed by atoms with Gasteiger partial charge >= 0.3 is 12.1 Å². The molecule has 7 rings (SSSR count). The lowest BCUT2D eigenvalue weighted by Gasteiger charge is -2.24. The zero-order chi connectivity index (χ0) is 54.1. The van der Waals surface area contributed by atoms with Crippen LogP contribution in [-0.2, 0) is 42.8 Å². The molecule has 0 bridgehead atoms. The first-order valence-corrected chi connectivity index (χ1v) is 26.6. The van der Waals surface area contributed by atoms with Crippen molar-refractivity contribution in [1.82, 2.24) is 34.9 Å². The number of alkyl halides is 3. The van der Waals surface area contributed by atoms with E-state index in [-0.39, 0.29) is 89.3 Å². The number of hydrogen-bond acceptors (Lipinski definition) is 13. The van der Waals surface area contributed by atoms with E-state index < -0.39 is 61.9 Å². The molecule has 3 heterocycles. The van der Waals surface area contributed by atoms with Crippen LogP contribution in [0.15, 0.2) is 113 Å². The highest BCUT2D eigenvalue weighted by Gasteiger charge is 2.43. The van der Waals surface area contributed by atoms with Gasteiger partial charge in [-0.2, -0.15) is 31.1 Å². The molecule has 0 saturated carbocycles. The molecule has 0 unspecified atom stereocenters. The number of nitrogens with one attached hydrogen (secondary N) is 3. The van der Waals surface area contributed by atoms with Crippen LogP contribution in [0.3, 0.4) is 0 Å². The largest absolute Gasteiger partial charge is 0.471 e. The lowest BCUT2D eigenvalue weighted by Crippen LogP contribution is -2.41. The topological polar surface area (TPSA) is 289 Å². The Morgan fingerprint density at radius 1 is 0.787 bits per heavy atom.